The summed E-state index contributed by atoms with van der Waals surface area (Å²) in [5.41, 5.74) is 12.0. The first kappa shape index (κ1) is 17.1. The summed E-state index contributed by atoms with van der Waals surface area (Å²) < 4.78 is 21.7. The Morgan fingerprint density at radius 2 is 1.48 bits per heavy atom. The van der Waals surface area contributed by atoms with Gasteiger partial charge in [0.25, 0.3) is 0 Å². The number of rotatable bonds is 4. The number of hydrogen-bond acceptors (Lipinski definition) is 6. The normalized spacial score (nSPS) is 11.1. The van der Waals surface area contributed by atoms with Crippen molar-refractivity contribution in [3.8, 4) is 22.3 Å². The van der Waals surface area contributed by atoms with E-state index < -0.39 is 10.7 Å². The molecular formula is C20H16N4O2S. The third-order valence-electron chi connectivity index (χ3n) is 4.30. The minimum atomic E-state index is -2.44. The molecule has 2 aromatic heterocycles. The summed E-state index contributed by atoms with van der Waals surface area (Å²) in [5.74, 6) is 0.473. The molecule has 0 unspecified atom stereocenters. The Hall–Kier alpha value is -3.32. The number of nitrogens with two attached hydrogens (primary N) is 1. The van der Waals surface area contributed by atoms with E-state index in [0.717, 1.165) is 38.9 Å². The van der Waals surface area contributed by atoms with E-state index in [4.69, 9.17) is 5.73 Å². The van der Waals surface area contributed by atoms with Gasteiger partial charge in [-0.25, -0.2) is 13.4 Å². The molecule has 2 N–H and O–H groups in total. The molecule has 0 spiro atoms. The largest absolute Gasteiger partial charge is 0.383 e. The van der Waals surface area contributed by atoms with Crippen molar-refractivity contribution in [2.45, 2.75) is 5.75 Å². The van der Waals surface area contributed by atoms with Crippen molar-refractivity contribution >= 4 is 27.6 Å². The van der Waals surface area contributed by atoms with Gasteiger partial charge < -0.3 is 5.73 Å². The summed E-state index contributed by atoms with van der Waals surface area (Å²) in [6.45, 7) is 0. The van der Waals surface area contributed by atoms with Crippen LogP contribution in [0.15, 0.2) is 67.1 Å². The molecule has 0 bridgehead atoms. The molecule has 0 amide bonds. The number of nitrogens with zero attached hydrogens (tertiary/aromatic N) is 3. The van der Waals surface area contributed by atoms with E-state index in [1.807, 2.05) is 48.5 Å². The SMILES string of the molecule is Nc1ncc(-c2ccc(C[SH](=O)=O)cc2)cc1-c1ccc2nccnc2c1. The predicted molar refractivity (Wildman–Crippen MR) is 107 cm³/mol. The summed E-state index contributed by atoms with van der Waals surface area (Å²) in [7, 11) is -2.44. The Bertz CT molecular complexity index is 1200. The van der Waals surface area contributed by atoms with Crippen LogP contribution in [0.2, 0.25) is 0 Å². The molecule has 0 aliphatic heterocycles. The summed E-state index contributed by atoms with van der Waals surface area (Å²) in [6.07, 6.45) is 5.02. The van der Waals surface area contributed by atoms with Gasteiger partial charge in [0.1, 0.15) is 16.5 Å². The van der Waals surface area contributed by atoms with Gasteiger partial charge >= 0.3 is 0 Å². The van der Waals surface area contributed by atoms with E-state index >= 15 is 0 Å². The fourth-order valence-corrected chi connectivity index (χ4v) is 3.46. The molecule has 4 aromatic rings. The quantitative estimate of drug-likeness (QED) is 0.531. The van der Waals surface area contributed by atoms with Crippen molar-refractivity contribution in [2.24, 2.45) is 0 Å². The molecule has 2 aromatic carbocycles. The Morgan fingerprint density at radius 3 is 2.22 bits per heavy atom. The van der Waals surface area contributed by atoms with E-state index in [2.05, 4.69) is 15.0 Å². The highest BCUT2D eigenvalue weighted by Gasteiger charge is 2.09. The van der Waals surface area contributed by atoms with Crippen LogP contribution in [0.25, 0.3) is 33.3 Å². The second kappa shape index (κ2) is 7.13. The lowest BCUT2D eigenvalue weighted by Gasteiger charge is -2.09. The van der Waals surface area contributed by atoms with Crippen molar-refractivity contribution in [3.63, 3.8) is 0 Å². The molecule has 0 atom stereocenters. The second-order valence-corrected chi connectivity index (χ2v) is 7.09. The zero-order valence-corrected chi connectivity index (χ0v) is 15.1. The molecule has 134 valence electrons. The maximum Gasteiger partial charge on any atom is 0.144 e. The molecule has 27 heavy (non-hydrogen) atoms. The molecule has 0 saturated carbocycles. The first-order valence-corrected chi connectivity index (χ1v) is 9.64. The van der Waals surface area contributed by atoms with E-state index in [9.17, 15) is 8.42 Å². The van der Waals surface area contributed by atoms with Crippen LogP contribution in [0.1, 0.15) is 5.56 Å². The Balaban J connectivity index is 1.74. The molecule has 0 radical (unpaired) electrons. The number of hydrogen-bond donors (Lipinski definition) is 2. The highest BCUT2D eigenvalue weighted by molar-refractivity contribution is 7.71. The Kier molecular flexibility index (Phi) is 4.52. The number of aromatic nitrogens is 3. The lowest BCUT2D eigenvalue weighted by molar-refractivity contribution is 0.614. The Morgan fingerprint density at radius 1 is 0.778 bits per heavy atom. The lowest BCUT2D eigenvalue weighted by Crippen LogP contribution is -1.95. The average molecular weight is 376 g/mol. The van der Waals surface area contributed by atoms with E-state index in [1.54, 1.807) is 18.6 Å². The minimum Gasteiger partial charge on any atom is -0.383 e. The van der Waals surface area contributed by atoms with Crippen molar-refractivity contribution in [1.82, 2.24) is 15.0 Å². The smallest absolute Gasteiger partial charge is 0.144 e. The zero-order chi connectivity index (χ0) is 18.8. The van der Waals surface area contributed by atoms with Gasteiger partial charge in [-0.15, -0.1) is 0 Å². The van der Waals surface area contributed by atoms with Gasteiger partial charge in [-0.05, 0) is 34.9 Å². The van der Waals surface area contributed by atoms with Gasteiger partial charge in [0, 0.05) is 29.7 Å². The number of anilines is 1. The summed E-state index contributed by atoms with van der Waals surface area (Å²) in [5, 5.41) is 0. The Labute approximate surface area is 157 Å². The van der Waals surface area contributed by atoms with E-state index in [1.165, 1.54) is 0 Å². The van der Waals surface area contributed by atoms with Crippen LogP contribution in [0.3, 0.4) is 0 Å². The van der Waals surface area contributed by atoms with Crippen LogP contribution in [-0.2, 0) is 16.5 Å². The molecule has 0 saturated heterocycles. The highest BCUT2D eigenvalue weighted by Crippen LogP contribution is 2.31. The number of benzene rings is 2. The predicted octanol–water partition coefficient (Wildman–Crippen LogP) is 3.05. The number of fused-ring (bicyclic) bond motifs is 1. The third kappa shape index (κ3) is 3.63. The summed E-state index contributed by atoms with van der Waals surface area (Å²) >= 11 is 0. The highest BCUT2D eigenvalue weighted by atomic mass is 32.2. The number of nitrogen functional groups attached to an aromatic ring is 1. The first-order chi connectivity index (χ1) is 13.1. The number of thiol groups is 1. The maximum atomic E-state index is 10.9. The third-order valence-corrected chi connectivity index (χ3v) is 4.92. The summed E-state index contributed by atoms with van der Waals surface area (Å²) in [4.78, 5) is 12.9. The molecule has 2 heterocycles. The van der Waals surface area contributed by atoms with Gasteiger partial charge in [0.2, 0.25) is 0 Å². The van der Waals surface area contributed by atoms with Crippen LogP contribution in [0.5, 0.6) is 0 Å². The van der Waals surface area contributed by atoms with Crippen LogP contribution < -0.4 is 5.73 Å². The molecule has 0 aliphatic rings. The topological polar surface area (TPSA) is 98.8 Å². The molecule has 4 rings (SSSR count). The molecule has 7 heteroatoms. The number of pyridine rings is 1. The summed E-state index contributed by atoms with van der Waals surface area (Å²) in [6, 6.07) is 15.2. The van der Waals surface area contributed by atoms with Crippen LogP contribution >= 0.6 is 0 Å². The fourth-order valence-electron chi connectivity index (χ4n) is 2.95. The molecule has 0 aliphatic carbocycles. The zero-order valence-electron chi connectivity index (χ0n) is 14.2. The fraction of sp³-hybridized carbons (Fsp3) is 0.0500. The van der Waals surface area contributed by atoms with Gasteiger partial charge in [-0.1, -0.05) is 30.3 Å². The van der Waals surface area contributed by atoms with Crippen molar-refractivity contribution < 1.29 is 8.42 Å². The molecular weight excluding hydrogens is 360 g/mol. The average Bonchev–Trinajstić information content (AvgIpc) is 2.68. The van der Waals surface area contributed by atoms with Crippen LogP contribution in [0.4, 0.5) is 5.82 Å². The van der Waals surface area contributed by atoms with Crippen LogP contribution in [0, 0.1) is 0 Å². The standard InChI is InChI=1S/C20H16N4O2S/c21-20-17(15-5-6-18-19(10-15)23-8-7-22-18)9-16(11-24-20)14-3-1-13(2-4-14)12-27(25)26/h1-11,27H,12H2,(H2,21,24). The molecule has 6 nitrogen and oxygen atoms in total. The molecule has 0 fully saturated rings. The first-order valence-electron chi connectivity index (χ1n) is 8.28. The van der Waals surface area contributed by atoms with Crippen molar-refractivity contribution in [2.75, 3.05) is 5.73 Å². The van der Waals surface area contributed by atoms with Crippen LogP contribution in [-0.4, -0.2) is 23.4 Å². The van der Waals surface area contributed by atoms with Crippen molar-refractivity contribution in [1.29, 1.82) is 0 Å². The minimum absolute atomic E-state index is 0.0407. The van der Waals surface area contributed by atoms with Crippen molar-refractivity contribution in [3.05, 3.63) is 72.7 Å². The second-order valence-electron chi connectivity index (χ2n) is 6.10. The van der Waals surface area contributed by atoms with Gasteiger partial charge in [0.15, 0.2) is 0 Å². The van der Waals surface area contributed by atoms with E-state index in [-0.39, 0.29) is 5.75 Å². The van der Waals surface area contributed by atoms with Gasteiger partial charge in [-0.2, -0.15) is 0 Å². The maximum absolute atomic E-state index is 10.9. The van der Waals surface area contributed by atoms with E-state index in [0.29, 0.717) is 5.82 Å². The van der Waals surface area contributed by atoms with Gasteiger partial charge in [0.05, 0.1) is 16.8 Å². The monoisotopic (exact) mass is 376 g/mol. The lowest BCUT2D eigenvalue weighted by atomic mass is 10.00. The van der Waals surface area contributed by atoms with Gasteiger partial charge in [-0.3, -0.25) is 9.97 Å².